The number of benzene rings is 1. The summed E-state index contributed by atoms with van der Waals surface area (Å²) < 4.78 is 5.50. The van der Waals surface area contributed by atoms with Gasteiger partial charge >= 0.3 is 5.97 Å². The van der Waals surface area contributed by atoms with E-state index < -0.39 is 5.60 Å². The Bertz CT molecular complexity index is 498. The molecule has 1 aromatic carbocycles. The molecule has 0 aliphatic heterocycles. The van der Waals surface area contributed by atoms with E-state index >= 15 is 0 Å². The smallest absolute Gasteiger partial charge is 0.336 e. The van der Waals surface area contributed by atoms with E-state index in [4.69, 9.17) is 4.74 Å². The maximum atomic E-state index is 12.4. The van der Waals surface area contributed by atoms with Gasteiger partial charge in [-0.15, -0.1) is 6.58 Å². The highest BCUT2D eigenvalue weighted by atomic mass is 16.6. The van der Waals surface area contributed by atoms with Crippen molar-refractivity contribution in [1.29, 1.82) is 0 Å². The Morgan fingerprint density at radius 3 is 2.48 bits per heavy atom. The van der Waals surface area contributed by atoms with Crippen LogP contribution in [-0.2, 0) is 9.53 Å². The van der Waals surface area contributed by atoms with Crippen LogP contribution in [0.1, 0.15) is 33.3 Å². The summed E-state index contributed by atoms with van der Waals surface area (Å²) >= 11 is 0. The Kier molecular flexibility index (Phi) is 6.38. The molecule has 0 radical (unpaired) electrons. The van der Waals surface area contributed by atoms with Crippen LogP contribution < -0.4 is 5.32 Å². The monoisotopic (exact) mass is 287 g/mol. The lowest BCUT2D eigenvalue weighted by molar-refractivity contribution is -0.150. The van der Waals surface area contributed by atoms with Crippen molar-refractivity contribution in [3.8, 4) is 0 Å². The molecule has 1 unspecified atom stereocenters. The van der Waals surface area contributed by atoms with Gasteiger partial charge in [0.25, 0.3) is 0 Å². The fourth-order valence-corrected chi connectivity index (χ4v) is 1.80. The van der Waals surface area contributed by atoms with Gasteiger partial charge in [0.15, 0.2) is 0 Å². The first-order valence-corrected chi connectivity index (χ1v) is 7.18. The van der Waals surface area contributed by atoms with Crippen molar-refractivity contribution in [2.24, 2.45) is 0 Å². The molecule has 1 aromatic rings. The number of carbonyl (C=O) groups is 1. The molecule has 0 fully saturated rings. The molecule has 3 heteroatoms. The van der Waals surface area contributed by atoms with Crippen molar-refractivity contribution >= 4 is 12.0 Å². The number of rotatable bonds is 6. The summed E-state index contributed by atoms with van der Waals surface area (Å²) in [5.41, 5.74) is 1.08. The van der Waals surface area contributed by atoms with Crippen molar-refractivity contribution in [2.75, 3.05) is 6.54 Å². The second-order valence-corrected chi connectivity index (χ2v) is 5.93. The summed E-state index contributed by atoms with van der Waals surface area (Å²) in [6.45, 7) is 11.9. The predicted octanol–water partition coefficient (Wildman–Crippen LogP) is 3.58. The number of nitrogens with one attached hydrogen (secondary N) is 1. The zero-order valence-electron chi connectivity index (χ0n) is 13.3. The van der Waals surface area contributed by atoms with Crippen LogP contribution in [0.25, 0.3) is 6.08 Å². The molecule has 0 saturated carbocycles. The molecule has 0 heterocycles. The maximum Gasteiger partial charge on any atom is 0.336 e. The van der Waals surface area contributed by atoms with Crippen molar-refractivity contribution in [1.82, 2.24) is 5.32 Å². The largest absolute Gasteiger partial charge is 0.457 e. The third kappa shape index (κ3) is 6.41. The van der Waals surface area contributed by atoms with Gasteiger partial charge in [-0.2, -0.15) is 0 Å². The highest BCUT2D eigenvalue weighted by Crippen LogP contribution is 2.16. The Hall–Kier alpha value is -1.87. The molecule has 0 bridgehead atoms. The van der Waals surface area contributed by atoms with Gasteiger partial charge in [-0.3, -0.25) is 0 Å². The van der Waals surface area contributed by atoms with E-state index in [1.165, 1.54) is 0 Å². The van der Waals surface area contributed by atoms with Gasteiger partial charge < -0.3 is 10.1 Å². The van der Waals surface area contributed by atoms with E-state index in [0.29, 0.717) is 12.1 Å². The lowest BCUT2D eigenvalue weighted by Gasteiger charge is -2.23. The van der Waals surface area contributed by atoms with E-state index in [0.717, 1.165) is 5.56 Å². The molecule has 0 aliphatic rings. The Morgan fingerprint density at radius 1 is 1.33 bits per heavy atom. The van der Waals surface area contributed by atoms with Crippen molar-refractivity contribution in [3.63, 3.8) is 0 Å². The molecule has 0 aromatic heterocycles. The maximum absolute atomic E-state index is 12.4. The number of carbonyl (C=O) groups excluding carboxylic acids is 1. The van der Waals surface area contributed by atoms with Crippen molar-refractivity contribution in [3.05, 3.63) is 54.1 Å². The lowest BCUT2D eigenvalue weighted by Crippen LogP contribution is -2.34. The summed E-state index contributed by atoms with van der Waals surface area (Å²) in [4.78, 5) is 12.4. The minimum absolute atomic E-state index is 0.113. The van der Waals surface area contributed by atoms with E-state index in [1.54, 1.807) is 6.08 Å². The molecular formula is C18H25NO2. The topological polar surface area (TPSA) is 38.3 Å². The zero-order chi connectivity index (χ0) is 15.9. The summed E-state index contributed by atoms with van der Waals surface area (Å²) in [6.07, 6.45) is 3.64. The molecule has 1 rings (SSSR count). The van der Waals surface area contributed by atoms with E-state index in [9.17, 15) is 4.79 Å². The first kappa shape index (κ1) is 17.2. The summed E-state index contributed by atoms with van der Waals surface area (Å²) in [5, 5.41) is 3.23. The minimum atomic E-state index is -0.509. The van der Waals surface area contributed by atoms with Crippen molar-refractivity contribution in [2.45, 2.75) is 39.3 Å². The fourth-order valence-electron chi connectivity index (χ4n) is 1.80. The molecule has 0 aliphatic carbocycles. The Labute approximate surface area is 127 Å². The quantitative estimate of drug-likeness (QED) is 0.494. The predicted molar refractivity (Wildman–Crippen MR) is 87.9 cm³/mol. The van der Waals surface area contributed by atoms with Gasteiger partial charge in [0, 0.05) is 12.6 Å². The highest BCUT2D eigenvalue weighted by molar-refractivity contribution is 5.95. The van der Waals surface area contributed by atoms with Gasteiger partial charge in [0.2, 0.25) is 0 Å². The fraction of sp³-hybridized carbons (Fsp3) is 0.389. The molecular weight excluding hydrogens is 262 g/mol. The van der Waals surface area contributed by atoms with Gasteiger partial charge in [-0.05, 0) is 39.3 Å². The summed E-state index contributed by atoms with van der Waals surface area (Å²) in [7, 11) is 0. The van der Waals surface area contributed by atoms with Gasteiger partial charge in [0.05, 0.1) is 5.57 Å². The molecule has 0 saturated heterocycles. The van der Waals surface area contributed by atoms with Crippen LogP contribution in [0.2, 0.25) is 0 Å². The molecule has 0 spiro atoms. The zero-order valence-corrected chi connectivity index (χ0v) is 13.3. The van der Waals surface area contributed by atoms with Crippen LogP contribution >= 0.6 is 0 Å². The highest BCUT2D eigenvalue weighted by Gasteiger charge is 2.23. The molecule has 1 N–H and O–H groups in total. The average Bonchev–Trinajstić information content (AvgIpc) is 2.41. The summed E-state index contributed by atoms with van der Waals surface area (Å²) in [5.74, 6) is -0.296. The normalized spacial score (nSPS) is 13.6. The Balaban J connectivity index is 3.02. The van der Waals surface area contributed by atoms with Gasteiger partial charge in [0.1, 0.15) is 5.60 Å². The van der Waals surface area contributed by atoms with Crippen LogP contribution in [0, 0.1) is 0 Å². The van der Waals surface area contributed by atoms with Gasteiger partial charge in [-0.25, -0.2) is 4.79 Å². The SMILES string of the molecule is C=CCNC(C)/C(=C/c1ccccc1)C(=O)OC(C)(C)C. The van der Waals surface area contributed by atoms with Crippen LogP contribution in [0.3, 0.4) is 0 Å². The Morgan fingerprint density at radius 2 is 1.95 bits per heavy atom. The van der Waals surface area contributed by atoms with Crippen LogP contribution in [0.4, 0.5) is 0 Å². The minimum Gasteiger partial charge on any atom is -0.457 e. The molecule has 21 heavy (non-hydrogen) atoms. The molecule has 3 nitrogen and oxygen atoms in total. The van der Waals surface area contributed by atoms with Crippen LogP contribution in [-0.4, -0.2) is 24.2 Å². The number of ether oxygens (including phenoxy) is 1. The van der Waals surface area contributed by atoms with Gasteiger partial charge in [-0.1, -0.05) is 36.4 Å². The number of esters is 1. The molecule has 1 atom stereocenters. The second kappa shape index (κ2) is 7.79. The standard InChI is InChI=1S/C18H25NO2/c1-6-12-19-14(2)16(17(20)21-18(3,4)5)13-15-10-8-7-9-11-15/h6-11,13-14,19H,1,12H2,2-5H3/b16-13-. The molecule has 0 amide bonds. The third-order valence-electron chi connectivity index (χ3n) is 2.79. The first-order chi connectivity index (χ1) is 9.83. The summed E-state index contributed by atoms with van der Waals surface area (Å²) in [6, 6.07) is 9.65. The van der Waals surface area contributed by atoms with Crippen LogP contribution in [0.5, 0.6) is 0 Å². The lowest BCUT2D eigenvalue weighted by atomic mass is 10.0. The van der Waals surface area contributed by atoms with Crippen LogP contribution in [0.15, 0.2) is 48.6 Å². The third-order valence-corrected chi connectivity index (χ3v) is 2.79. The molecule has 114 valence electrons. The first-order valence-electron chi connectivity index (χ1n) is 7.18. The number of hydrogen-bond acceptors (Lipinski definition) is 3. The van der Waals surface area contributed by atoms with E-state index in [-0.39, 0.29) is 12.0 Å². The number of hydrogen-bond donors (Lipinski definition) is 1. The average molecular weight is 287 g/mol. The van der Waals surface area contributed by atoms with E-state index in [1.807, 2.05) is 64.1 Å². The van der Waals surface area contributed by atoms with Crippen molar-refractivity contribution < 1.29 is 9.53 Å². The van der Waals surface area contributed by atoms with E-state index in [2.05, 4.69) is 11.9 Å². The second-order valence-electron chi connectivity index (χ2n) is 5.93.